The lowest BCUT2D eigenvalue weighted by atomic mass is 9.92. The van der Waals surface area contributed by atoms with Crippen molar-refractivity contribution in [2.75, 3.05) is 44.2 Å². The number of aliphatic imine (C=N–C) groups is 1. The van der Waals surface area contributed by atoms with Crippen molar-refractivity contribution in [3.63, 3.8) is 0 Å². The zero-order chi connectivity index (χ0) is 21.6. The number of fused-ring (bicyclic) bond motifs is 1. The monoisotopic (exact) mass is 422 g/mol. The van der Waals surface area contributed by atoms with Crippen LogP contribution in [0.25, 0.3) is 0 Å². The number of nitrogens with zero attached hydrogens (tertiary/aromatic N) is 6. The van der Waals surface area contributed by atoms with Gasteiger partial charge in [-0.1, -0.05) is 6.42 Å². The van der Waals surface area contributed by atoms with Gasteiger partial charge >= 0.3 is 0 Å². The number of unbranched alkanes of at least 4 members (excludes halogenated alkanes) is 1. The predicted octanol–water partition coefficient (Wildman–Crippen LogP) is 3.57. The van der Waals surface area contributed by atoms with E-state index < -0.39 is 0 Å². The van der Waals surface area contributed by atoms with Gasteiger partial charge in [-0.25, -0.2) is 4.98 Å². The van der Waals surface area contributed by atoms with Gasteiger partial charge in [-0.05, 0) is 64.1 Å². The van der Waals surface area contributed by atoms with E-state index in [1.54, 1.807) is 0 Å². The van der Waals surface area contributed by atoms with Crippen LogP contribution in [-0.4, -0.2) is 66.0 Å². The SMILES string of the molecule is Cc1cc(C)c(C#N)c(N2CCN(CCCCON3C=CN=C4CCCCC43)CC2)n1. The van der Waals surface area contributed by atoms with E-state index in [4.69, 9.17) is 4.84 Å². The summed E-state index contributed by atoms with van der Waals surface area (Å²) in [5.41, 5.74) is 3.99. The van der Waals surface area contributed by atoms with E-state index in [0.29, 0.717) is 11.6 Å². The molecule has 7 nitrogen and oxygen atoms in total. The molecule has 1 unspecified atom stereocenters. The van der Waals surface area contributed by atoms with E-state index in [-0.39, 0.29) is 0 Å². The van der Waals surface area contributed by atoms with Gasteiger partial charge in [-0.3, -0.25) is 19.8 Å². The molecule has 0 bridgehead atoms. The number of piperazine rings is 1. The van der Waals surface area contributed by atoms with Crippen molar-refractivity contribution in [3.8, 4) is 6.07 Å². The van der Waals surface area contributed by atoms with Crippen molar-refractivity contribution in [2.45, 2.75) is 58.4 Å². The number of hydrogen-bond acceptors (Lipinski definition) is 7. The average Bonchev–Trinajstić information content (AvgIpc) is 2.79. The maximum absolute atomic E-state index is 9.54. The van der Waals surface area contributed by atoms with Gasteiger partial charge in [0, 0.05) is 50.0 Å². The number of aromatic nitrogens is 1. The van der Waals surface area contributed by atoms with Crippen molar-refractivity contribution >= 4 is 11.5 Å². The van der Waals surface area contributed by atoms with E-state index in [0.717, 1.165) is 82.1 Å². The molecule has 2 aliphatic heterocycles. The van der Waals surface area contributed by atoms with Gasteiger partial charge in [0.1, 0.15) is 11.9 Å². The number of anilines is 1. The minimum absolute atomic E-state index is 0.351. The highest BCUT2D eigenvalue weighted by Gasteiger charge is 2.27. The second-order valence-corrected chi connectivity index (χ2v) is 8.80. The lowest BCUT2D eigenvalue weighted by molar-refractivity contribution is -0.139. The van der Waals surface area contributed by atoms with Crippen molar-refractivity contribution in [2.24, 2.45) is 4.99 Å². The molecular weight excluding hydrogens is 388 g/mol. The highest BCUT2D eigenvalue weighted by atomic mass is 16.7. The Bertz CT molecular complexity index is 866. The van der Waals surface area contributed by atoms with Crippen LogP contribution in [-0.2, 0) is 4.84 Å². The molecule has 0 aromatic carbocycles. The summed E-state index contributed by atoms with van der Waals surface area (Å²) in [5.74, 6) is 0.855. The number of hydrogen-bond donors (Lipinski definition) is 0. The third-order valence-corrected chi connectivity index (χ3v) is 6.52. The Morgan fingerprint density at radius 1 is 1.16 bits per heavy atom. The van der Waals surface area contributed by atoms with E-state index in [9.17, 15) is 5.26 Å². The van der Waals surface area contributed by atoms with Crippen LogP contribution < -0.4 is 4.90 Å². The van der Waals surface area contributed by atoms with E-state index in [1.165, 1.54) is 18.6 Å². The highest BCUT2D eigenvalue weighted by Crippen LogP contribution is 2.25. The summed E-state index contributed by atoms with van der Waals surface area (Å²) in [6.07, 6.45) is 10.8. The fourth-order valence-corrected chi connectivity index (χ4v) is 4.81. The number of pyridine rings is 1. The zero-order valence-corrected chi connectivity index (χ0v) is 18.9. The molecule has 0 N–H and O–H groups in total. The van der Waals surface area contributed by atoms with Gasteiger partial charge in [-0.15, -0.1) is 0 Å². The zero-order valence-electron chi connectivity index (χ0n) is 18.9. The normalized spacial score (nSPS) is 21.6. The van der Waals surface area contributed by atoms with Crippen molar-refractivity contribution < 1.29 is 4.84 Å². The minimum atomic E-state index is 0.351. The number of hydroxylamine groups is 2. The first-order valence-corrected chi connectivity index (χ1v) is 11.7. The molecule has 1 aromatic rings. The van der Waals surface area contributed by atoms with Crippen LogP contribution in [0.2, 0.25) is 0 Å². The van der Waals surface area contributed by atoms with E-state index in [1.807, 2.05) is 37.4 Å². The fraction of sp³-hybridized carbons (Fsp3) is 0.625. The van der Waals surface area contributed by atoms with Crippen LogP contribution in [0.1, 0.15) is 55.3 Å². The van der Waals surface area contributed by atoms with Crippen LogP contribution in [0.4, 0.5) is 5.82 Å². The molecular formula is C24H34N6O. The standard InChI is InChI=1S/C24H34N6O/c1-19-17-20(2)27-24(21(19)18-25)29-14-12-28(13-15-29)10-5-6-16-31-30-11-9-26-22-7-3-4-8-23(22)30/h9,11,17,23H,3-8,10,12-16H2,1-2H3. The second-order valence-electron chi connectivity index (χ2n) is 8.80. The Hall–Kier alpha value is -2.43. The van der Waals surface area contributed by atoms with E-state index in [2.05, 4.69) is 25.8 Å². The fourth-order valence-electron chi connectivity index (χ4n) is 4.81. The van der Waals surface area contributed by atoms with Gasteiger partial charge in [0.25, 0.3) is 0 Å². The maximum Gasteiger partial charge on any atom is 0.147 e. The van der Waals surface area contributed by atoms with Crippen LogP contribution in [0, 0.1) is 25.2 Å². The summed E-state index contributed by atoms with van der Waals surface area (Å²) in [7, 11) is 0. The van der Waals surface area contributed by atoms with Gasteiger partial charge in [-0.2, -0.15) is 5.26 Å². The third-order valence-electron chi connectivity index (χ3n) is 6.52. The van der Waals surface area contributed by atoms with Crippen LogP contribution in [0.15, 0.2) is 23.5 Å². The molecule has 1 aliphatic carbocycles. The number of nitriles is 1. The smallest absolute Gasteiger partial charge is 0.147 e. The Balaban J connectivity index is 1.17. The molecule has 1 saturated heterocycles. The number of rotatable bonds is 7. The molecule has 3 aliphatic rings. The average molecular weight is 423 g/mol. The first-order valence-electron chi connectivity index (χ1n) is 11.7. The molecule has 1 aromatic heterocycles. The van der Waals surface area contributed by atoms with Crippen molar-refractivity contribution in [3.05, 3.63) is 35.3 Å². The molecule has 0 radical (unpaired) electrons. The van der Waals surface area contributed by atoms with Crippen LogP contribution >= 0.6 is 0 Å². The molecule has 31 heavy (non-hydrogen) atoms. The number of aryl methyl sites for hydroxylation is 2. The van der Waals surface area contributed by atoms with Gasteiger partial charge in [0.2, 0.25) is 0 Å². The van der Waals surface area contributed by atoms with Gasteiger partial charge < -0.3 is 4.90 Å². The Morgan fingerprint density at radius 3 is 2.81 bits per heavy atom. The molecule has 166 valence electrons. The third kappa shape index (κ3) is 5.25. The van der Waals surface area contributed by atoms with Gasteiger partial charge in [0.15, 0.2) is 0 Å². The Labute approximate surface area is 186 Å². The second kappa shape index (κ2) is 10.3. The highest BCUT2D eigenvalue weighted by molar-refractivity contribution is 5.91. The molecule has 2 fully saturated rings. The molecule has 4 rings (SSSR count). The van der Waals surface area contributed by atoms with Crippen molar-refractivity contribution in [1.82, 2.24) is 14.9 Å². The van der Waals surface area contributed by atoms with Crippen molar-refractivity contribution in [1.29, 1.82) is 5.26 Å². The maximum atomic E-state index is 9.54. The Morgan fingerprint density at radius 2 is 2.00 bits per heavy atom. The molecule has 7 heteroatoms. The van der Waals surface area contributed by atoms with Gasteiger partial charge in [0.05, 0.1) is 18.2 Å². The summed E-state index contributed by atoms with van der Waals surface area (Å²) in [6.45, 7) is 9.70. The summed E-state index contributed by atoms with van der Waals surface area (Å²) < 4.78 is 0. The summed E-state index contributed by atoms with van der Waals surface area (Å²) in [5, 5.41) is 11.6. The lowest BCUT2D eigenvalue weighted by Crippen LogP contribution is -2.47. The Kier molecular flexibility index (Phi) is 7.21. The first kappa shape index (κ1) is 21.8. The molecule has 0 amide bonds. The first-order chi connectivity index (χ1) is 15.2. The van der Waals surface area contributed by atoms with E-state index >= 15 is 0 Å². The van der Waals surface area contributed by atoms with Crippen LogP contribution in [0.3, 0.4) is 0 Å². The topological polar surface area (TPSA) is 68.0 Å². The predicted molar refractivity (Wildman–Crippen MR) is 123 cm³/mol. The molecule has 0 spiro atoms. The summed E-state index contributed by atoms with van der Waals surface area (Å²) >= 11 is 0. The largest absolute Gasteiger partial charge is 0.353 e. The quantitative estimate of drug-likeness (QED) is 0.626. The molecule has 1 saturated carbocycles. The summed E-state index contributed by atoms with van der Waals surface area (Å²) in [6, 6.07) is 4.68. The minimum Gasteiger partial charge on any atom is -0.353 e. The lowest BCUT2D eigenvalue weighted by Gasteiger charge is -2.36. The summed E-state index contributed by atoms with van der Waals surface area (Å²) in [4.78, 5) is 20.0. The molecule has 3 heterocycles. The molecule has 1 atom stereocenters. The van der Waals surface area contributed by atoms with Crippen LogP contribution in [0.5, 0.6) is 0 Å².